The van der Waals surface area contributed by atoms with Crippen molar-refractivity contribution in [3.63, 3.8) is 0 Å². The number of morpholine rings is 1. The van der Waals surface area contributed by atoms with E-state index in [-0.39, 0.29) is 23.8 Å². The number of hydrogen-bond acceptors (Lipinski definition) is 6. The van der Waals surface area contributed by atoms with Gasteiger partial charge in [-0.25, -0.2) is 4.98 Å². The van der Waals surface area contributed by atoms with E-state index < -0.39 is 5.54 Å². The van der Waals surface area contributed by atoms with E-state index in [4.69, 9.17) is 19.6 Å². The zero-order chi connectivity index (χ0) is 25.7. The largest absolute Gasteiger partial charge is 0.488 e. The van der Waals surface area contributed by atoms with Crippen LogP contribution in [0.4, 0.5) is 0 Å². The maximum atomic E-state index is 13.3. The molecule has 2 aliphatic heterocycles. The lowest BCUT2D eigenvalue weighted by Gasteiger charge is -2.34. The van der Waals surface area contributed by atoms with Gasteiger partial charge < -0.3 is 24.3 Å². The summed E-state index contributed by atoms with van der Waals surface area (Å²) in [6.45, 7) is 8.76. The molecule has 37 heavy (non-hydrogen) atoms. The number of ether oxygens (including phenoxy) is 2. The van der Waals surface area contributed by atoms with Crippen molar-refractivity contribution < 1.29 is 19.1 Å². The monoisotopic (exact) mass is 506 g/mol. The van der Waals surface area contributed by atoms with E-state index in [0.29, 0.717) is 45.3 Å². The highest BCUT2D eigenvalue weighted by molar-refractivity contribution is 5.88. The minimum absolute atomic E-state index is 0.0293. The van der Waals surface area contributed by atoms with Crippen LogP contribution in [0.25, 0.3) is 22.3 Å². The molecule has 3 aromatic rings. The van der Waals surface area contributed by atoms with Gasteiger partial charge in [0.25, 0.3) is 0 Å². The first-order valence-corrected chi connectivity index (χ1v) is 13.2. The molecule has 10 nitrogen and oxygen atoms in total. The molecule has 3 aliphatic rings. The smallest absolute Gasteiger partial charge is 0.250 e. The maximum Gasteiger partial charge on any atom is 0.250 e. The van der Waals surface area contributed by atoms with E-state index in [1.54, 1.807) is 4.68 Å². The minimum Gasteiger partial charge on any atom is -0.488 e. The highest BCUT2D eigenvalue weighted by Gasteiger charge is 2.36. The van der Waals surface area contributed by atoms with Crippen LogP contribution in [0, 0.1) is 5.92 Å². The number of imidazole rings is 1. The number of carbonyl (C=O) groups is 2. The number of rotatable bonds is 7. The number of nitrogens with zero attached hydrogens (tertiary/aromatic N) is 5. The Morgan fingerprint density at radius 1 is 1.24 bits per heavy atom. The fourth-order valence-electron chi connectivity index (χ4n) is 5.30. The summed E-state index contributed by atoms with van der Waals surface area (Å²) in [6, 6.07) is 6.44. The van der Waals surface area contributed by atoms with Gasteiger partial charge in [-0.05, 0) is 51.8 Å². The van der Waals surface area contributed by atoms with Crippen LogP contribution in [0.5, 0.6) is 5.75 Å². The van der Waals surface area contributed by atoms with Crippen LogP contribution >= 0.6 is 0 Å². The van der Waals surface area contributed by atoms with Gasteiger partial charge in [0.1, 0.15) is 22.9 Å². The van der Waals surface area contributed by atoms with Crippen molar-refractivity contribution in [1.82, 2.24) is 29.5 Å². The summed E-state index contributed by atoms with van der Waals surface area (Å²) < 4.78 is 15.9. The number of hydrogen-bond donors (Lipinski definition) is 1. The Hall–Kier alpha value is -3.40. The highest BCUT2D eigenvalue weighted by atomic mass is 16.5. The fourth-order valence-corrected chi connectivity index (χ4v) is 5.30. The molecular formula is C27H34N6O4. The Bertz CT molecular complexity index is 1330. The Kier molecular flexibility index (Phi) is 5.94. The quantitative estimate of drug-likeness (QED) is 0.529. The van der Waals surface area contributed by atoms with Crippen LogP contribution in [-0.2, 0) is 19.9 Å². The molecule has 1 N–H and O–H groups in total. The van der Waals surface area contributed by atoms with Crippen molar-refractivity contribution >= 4 is 22.8 Å². The number of aromatic nitrogens is 4. The molecule has 1 aliphatic carbocycles. The molecule has 0 bridgehead atoms. The second-order valence-electron chi connectivity index (χ2n) is 10.9. The summed E-state index contributed by atoms with van der Waals surface area (Å²) in [5.41, 5.74) is 2.64. The minimum atomic E-state index is -0.830. The topological polar surface area (TPSA) is 104 Å². The fraction of sp³-hybridized carbons (Fsp3) is 0.556. The molecular weight excluding hydrogens is 472 g/mol. The molecule has 2 aromatic heterocycles. The van der Waals surface area contributed by atoms with Gasteiger partial charge in [0.2, 0.25) is 11.8 Å². The van der Waals surface area contributed by atoms with Gasteiger partial charge in [-0.1, -0.05) is 0 Å². The summed E-state index contributed by atoms with van der Waals surface area (Å²) in [4.78, 5) is 31.6. The van der Waals surface area contributed by atoms with Gasteiger partial charge in [-0.15, -0.1) is 0 Å². The lowest BCUT2D eigenvalue weighted by molar-refractivity contribution is -0.143. The first kappa shape index (κ1) is 24.0. The van der Waals surface area contributed by atoms with Crippen molar-refractivity contribution in [2.75, 3.05) is 32.8 Å². The van der Waals surface area contributed by atoms with Gasteiger partial charge >= 0.3 is 0 Å². The molecule has 10 heteroatoms. The van der Waals surface area contributed by atoms with E-state index in [9.17, 15) is 9.59 Å². The molecule has 1 aromatic carbocycles. The third kappa shape index (κ3) is 4.47. The second kappa shape index (κ2) is 9.16. The van der Waals surface area contributed by atoms with Crippen LogP contribution in [-0.4, -0.2) is 75.0 Å². The van der Waals surface area contributed by atoms with Crippen molar-refractivity contribution in [3.05, 3.63) is 30.7 Å². The zero-order valence-corrected chi connectivity index (χ0v) is 21.6. The molecule has 3 fully saturated rings. The summed E-state index contributed by atoms with van der Waals surface area (Å²) in [6.07, 6.45) is 6.37. The standard InChI is InChI=1S/C27H34N6O4/c1-17(19-14-24(34)28-15-19)37-23-13-18(12-22-25(23)32(16-29-22)20-4-5-20)21-6-7-33(30-21)27(2,3)26(35)31-8-10-36-11-9-31/h6-7,12-13,16-17,19-20H,4-5,8-11,14-15H2,1-3H3,(H,28,34)/t17-,19-/m1/s1. The van der Waals surface area contributed by atoms with E-state index in [2.05, 4.69) is 9.88 Å². The third-order valence-corrected chi connectivity index (χ3v) is 7.84. The molecule has 0 unspecified atom stereocenters. The van der Waals surface area contributed by atoms with Crippen molar-refractivity contribution in [2.45, 2.75) is 57.7 Å². The summed E-state index contributed by atoms with van der Waals surface area (Å²) in [5.74, 6) is 0.973. The molecule has 4 heterocycles. The predicted octanol–water partition coefficient (Wildman–Crippen LogP) is 2.73. The average molecular weight is 507 g/mol. The van der Waals surface area contributed by atoms with Gasteiger partial charge in [0.15, 0.2) is 0 Å². The lowest BCUT2D eigenvalue weighted by atomic mass is 10.0. The van der Waals surface area contributed by atoms with Gasteiger partial charge in [0, 0.05) is 49.8 Å². The second-order valence-corrected chi connectivity index (χ2v) is 10.9. The molecule has 1 saturated carbocycles. The maximum absolute atomic E-state index is 13.3. The van der Waals surface area contributed by atoms with Crippen LogP contribution < -0.4 is 10.1 Å². The number of carbonyl (C=O) groups excluding carboxylic acids is 2. The van der Waals surface area contributed by atoms with Crippen molar-refractivity contribution in [2.24, 2.45) is 5.92 Å². The van der Waals surface area contributed by atoms with E-state index >= 15 is 0 Å². The first-order chi connectivity index (χ1) is 17.8. The average Bonchev–Trinajstić information content (AvgIpc) is 3.27. The summed E-state index contributed by atoms with van der Waals surface area (Å²) in [7, 11) is 0. The number of nitrogens with one attached hydrogen (secondary N) is 1. The first-order valence-electron chi connectivity index (χ1n) is 13.2. The molecule has 0 spiro atoms. The number of fused-ring (bicyclic) bond motifs is 1. The van der Waals surface area contributed by atoms with Gasteiger partial charge in [-0.3, -0.25) is 14.3 Å². The molecule has 2 atom stereocenters. The summed E-state index contributed by atoms with van der Waals surface area (Å²) in [5, 5.41) is 7.74. The van der Waals surface area contributed by atoms with Crippen LogP contribution in [0.1, 0.15) is 46.1 Å². The molecule has 0 radical (unpaired) electrons. The Morgan fingerprint density at radius 3 is 2.73 bits per heavy atom. The molecule has 196 valence electrons. The molecule has 2 amide bonds. The zero-order valence-electron chi connectivity index (χ0n) is 21.6. The van der Waals surface area contributed by atoms with Crippen molar-refractivity contribution in [3.8, 4) is 17.0 Å². The van der Waals surface area contributed by atoms with E-state index in [1.807, 2.05) is 56.4 Å². The number of benzene rings is 1. The number of amides is 2. The Labute approximate surface area is 215 Å². The van der Waals surface area contributed by atoms with Crippen LogP contribution in [0.2, 0.25) is 0 Å². The van der Waals surface area contributed by atoms with Crippen LogP contribution in [0.15, 0.2) is 30.7 Å². The third-order valence-electron chi connectivity index (χ3n) is 7.84. The van der Waals surface area contributed by atoms with Gasteiger partial charge in [0.05, 0.1) is 30.8 Å². The SMILES string of the molecule is C[C@@H](Oc1cc(-c2ccn(C(C)(C)C(=O)N3CCOCC3)n2)cc2ncn(C3CC3)c12)[C@H]1CNC(=O)C1. The normalized spacial score (nSPS) is 21.3. The Morgan fingerprint density at radius 2 is 2.03 bits per heavy atom. The van der Waals surface area contributed by atoms with E-state index in [0.717, 1.165) is 40.9 Å². The lowest BCUT2D eigenvalue weighted by Crippen LogP contribution is -2.51. The van der Waals surface area contributed by atoms with Gasteiger partial charge in [-0.2, -0.15) is 5.10 Å². The predicted molar refractivity (Wildman–Crippen MR) is 137 cm³/mol. The highest BCUT2D eigenvalue weighted by Crippen LogP contribution is 2.41. The van der Waals surface area contributed by atoms with E-state index in [1.165, 1.54) is 0 Å². The summed E-state index contributed by atoms with van der Waals surface area (Å²) >= 11 is 0. The van der Waals surface area contributed by atoms with Crippen molar-refractivity contribution in [1.29, 1.82) is 0 Å². The Balaban J connectivity index is 1.32. The van der Waals surface area contributed by atoms with Crippen LogP contribution in [0.3, 0.4) is 0 Å². The molecule has 2 saturated heterocycles. The molecule has 6 rings (SSSR count).